The minimum absolute atomic E-state index is 0. The third kappa shape index (κ3) is 14.2. The van der Waals surface area contributed by atoms with Crippen molar-refractivity contribution < 1.29 is 37.2 Å². The van der Waals surface area contributed by atoms with E-state index in [0.717, 1.165) is 88.3 Å². The fourth-order valence-electron chi connectivity index (χ4n) is 11.0. The molecule has 82 heavy (non-hydrogen) atoms. The van der Waals surface area contributed by atoms with Gasteiger partial charge in [-0.3, -0.25) is 9.80 Å². The fourth-order valence-corrected chi connectivity index (χ4v) is 11.1. The smallest absolute Gasteiger partial charge is 0.368 e. The first-order chi connectivity index (χ1) is 38.1. The highest BCUT2D eigenvalue weighted by Gasteiger charge is 2.44. The standard InChI is InChI=1S/C26H35F2N9O3.C14H20ClFN4.C12H16FN5O3.CH4/c1-25(2)12-15(9-16-7-6-8-36(16)25)30-22-18(28)13-29-23(32-22)31-19-11-20(37-24(39)35(5)33-34-37)21(10-17(19)27)40-26(3,4)14-38;1-14(2)7-9(6-10-4-3-5-20(10)14)18-12-11(16)8-17-13(15)19-12;1-12(2,6-19)21-10-4-7(13)8(14)5-9(10)18-11(20)17(3)15-16-18;/h10-11,13,15-16,38H,6-9,12,14H2,1-5H3,(H2,29,30,31,32);8-10H,3-7H2,1-2H3,(H,17,18,19);4-5,19H,6,14H2,1-3H3;1H4/t15-,16+;9-,10+;;/m11../s1. The Bertz CT molecular complexity index is 3340. The Morgan fingerprint density at radius 1 is 0.683 bits per heavy atom. The minimum atomic E-state index is -1.08. The number of aliphatic hydroxyl groups excluding tert-OH is 2. The van der Waals surface area contributed by atoms with Crippen molar-refractivity contribution in [3.63, 3.8) is 0 Å². The topological polar surface area (TPSA) is 284 Å². The van der Waals surface area contributed by atoms with E-state index in [0.29, 0.717) is 12.1 Å². The van der Waals surface area contributed by atoms with E-state index in [2.05, 4.69) is 94.2 Å². The van der Waals surface area contributed by atoms with Gasteiger partial charge < -0.3 is 41.4 Å². The van der Waals surface area contributed by atoms with Crippen LogP contribution in [0.3, 0.4) is 0 Å². The lowest BCUT2D eigenvalue weighted by atomic mass is 9.84. The van der Waals surface area contributed by atoms with Crippen molar-refractivity contribution in [1.82, 2.24) is 69.3 Å². The number of nitrogens with one attached hydrogen (secondary N) is 3. The molecule has 0 radical (unpaired) electrons. The highest BCUT2D eigenvalue weighted by atomic mass is 35.5. The Kier molecular flexibility index (Phi) is 19.0. The summed E-state index contributed by atoms with van der Waals surface area (Å²) in [6, 6.07) is 5.92. The monoisotopic (exact) mass is 1170 g/mol. The second kappa shape index (κ2) is 24.8. The lowest BCUT2D eigenvalue weighted by Crippen LogP contribution is -2.55. The Balaban J connectivity index is 0.000000194. The van der Waals surface area contributed by atoms with E-state index < -0.39 is 45.9 Å². The van der Waals surface area contributed by atoms with Gasteiger partial charge in [0.2, 0.25) is 11.2 Å². The molecule has 0 unspecified atom stereocenters. The maximum Gasteiger partial charge on any atom is 0.368 e. The fraction of sp³-hybridized carbons (Fsp3) is 0.585. The Hall–Kier alpha value is -7.01. The molecule has 24 nitrogen and oxygen atoms in total. The molecule has 4 atom stereocenters. The van der Waals surface area contributed by atoms with Crippen LogP contribution in [0.1, 0.15) is 114 Å². The molecule has 0 aliphatic carbocycles. The summed E-state index contributed by atoms with van der Waals surface area (Å²) in [5.41, 5.74) is 2.45. The average molecular weight is 1170 g/mol. The van der Waals surface area contributed by atoms with Crippen LogP contribution in [-0.2, 0) is 14.1 Å². The summed E-state index contributed by atoms with van der Waals surface area (Å²) in [6.07, 6.45) is 10.6. The number of hydrogen-bond donors (Lipinski definition) is 6. The average Bonchev–Trinajstić information content (AvgIpc) is 4.37. The largest absolute Gasteiger partial charge is 0.483 e. The molecule has 10 rings (SSSR count). The van der Waals surface area contributed by atoms with Crippen LogP contribution >= 0.6 is 11.6 Å². The third-order valence-electron chi connectivity index (χ3n) is 14.9. The second-order valence-electron chi connectivity index (χ2n) is 23.3. The van der Waals surface area contributed by atoms with Crippen LogP contribution < -0.4 is 42.5 Å². The first-order valence-electron chi connectivity index (χ1n) is 26.6. The number of anilines is 5. The van der Waals surface area contributed by atoms with E-state index in [1.165, 1.54) is 45.6 Å². The van der Waals surface area contributed by atoms with Crippen molar-refractivity contribution in [2.75, 3.05) is 48.0 Å². The summed E-state index contributed by atoms with van der Waals surface area (Å²) in [6.45, 7) is 17.0. The summed E-state index contributed by atoms with van der Waals surface area (Å²) in [4.78, 5) is 45.5. The predicted octanol–water partition coefficient (Wildman–Crippen LogP) is 6.30. The molecule has 0 amide bonds. The van der Waals surface area contributed by atoms with Gasteiger partial charge in [-0.2, -0.15) is 28.7 Å². The minimum Gasteiger partial charge on any atom is -0.483 e. The number of benzene rings is 2. The number of nitrogen functional groups attached to an aromatic ring is 1. The van der Waals surface area contributed by atoms with E-state index in [1.807, 2.05) is 0 Å². The first-order valence-corrected chi connectivity index (χ1v) is 27.0. The van der Waals surface area contributed by atoms with Crippen molar-refractivity contribution in [2.24, 2.45) is 14.1 Å². The van der Waals surface area contributed by atoms with Crippen LogP contribution in [-0.4, -0.2) is 152 Å². The van der Waals surface area contributed by atoms with E-state index in [1.54, 1.807) is 27.7 Å². The molecular weight excluding hydrogens is 1100 g/mol. The van der Waals surface area contributed by atoms with Gasteiger partial charge in [-0.25, -0.2) is 37.1 Å². The SMILES string of the molecule is C.CC1(C)C[C@H](Nc2nc(Cl)ncc2F)C[C@@H]2CCCN21.Cn1nnn(-c2cc(N)c(F)cc2OC(C)(C)CO)c1=O.Cn1nnn(-c2cc(Nc3ncc(F)c(N[C@@H]4C[C@@H]5CCCN5C(C)(C)C4)n3)c(F)cc2OC(C)(C)CO)c1=O. The van der Waals surface area contributed by atoms with Gasteiger partial charge in [0.25, 0.3) is 0 Å². The summed E-state index contributed by atoms with van der Waals surface area (Å²) in [5.74, 6) is -2.29. The van der Waals surface area contributed by atoms with Crippen molar-refractivity contribution in [2.45, 2.75) is 161 Å². The molecule has 2 aromatic carbocycles. The Morgan fingerprint density at radius 2 is 1.13 bits per heavy atom. The molecular formula is C53H75ClF4N18O6. The lowest BCUT2D eigenvalue weighted by Gasteiger charge is -2.47. The van der Waals surface area contributed by atoms with Crippen molar-refractivity contribution in [3.8, 4) is 22.9 Å². The third-order valence-corrected chi connectivity index (χ3v) is 15.0. The lowest BCUT2D eigenvalue weighted by molar-refractivity contribution is 0.0407. The maximum absolute atomic E-state index is 15.3. The van der Waals surface area contributed by atoms with Crippen LogP contribution in [0.5, 0.6) is 11.5 Å². The number of aromatic nitrogens is 12. The zero-order chi connectivity index (χ0) is 58.9. The van der Waals surface area contributed by atoms with Gasteiger partial charge in [0, 0.05) is 61.5 Å². The van der Waals surface area contributed by atoms with Gasteiger partial charge in [-0.05, 0) is 164 Å². The number of piperidine rings is 2. The molecule has 448 valence electrons. The van der Waals surface area contributed by atoms with Crippen molar-refractivity contribution in [1.29, 1.82) is 0 Å². The molecule has 0 spiro atoms. The Labute approximate surface area is 477 Å². The number of aliphatic hydroxyl groups is 2. The predicted molar refractivity (Wildman–Crippen MR) is 301 cm³/mol. The number of halogens is 5. The number of aryl methyl sites for hydroxylation is 2. The van der Waals surface area contributed by atoms with Gasteiger partial charge in [0.1, 0.15) is 39.9 Å². The highest BCUT2D eigenvalue weighted by molar-refractivity contribution is 6.28. The molecule has 4 aliphatic rings. The van der Waals surface area contributed by atoms with Crippen LogP contribution in [0.25, 0.3) is 11.4 Å². The van der Waals surface area contributed by atoms with Crippen LogP contribution in [0.2, 0.25) is 5.28 Å². The van der Waals surface area contributed by atoms with Crippen molar-refractivity contribution in [3.05, 3.63) is 86.2 Å². The number of hydrogen-bond acceptors (Lipinski definition) is 20. The number of rotatable bonds is 14. The van der Waals surface area contributed by atoms with Crippen LogP contribution in [0, 0.1) is 23.3 Å². The summed E-state index contributed by atoms with van der Waals surface area (Å²) in [5, 5.41) is 43.0. The number of fused-ring (bicyclic) bond motifs is 2. The first kappa shape index (κ1) is 62.6. The summed E-state index contributed by atoms with van der Waals surface area (Å²) in [7, 11) is 2.85. The van der Waals surface area contributed by atoms with Gasteiger partial charge in [-0.15, -0.1) is 0 Å². The number of ether oxygens (including phenoxy) is 2. The molecule has 8 heterocycles. The maximum atomic E-state index is 15.3. The summed E-state index contributed by atoms with van der Waals surface area (Å²) >= 11 is 5.74. The second-order valence-corrected chi connectivity index (χ2v) is 23.6. The molecule has 29 heteroatoms. The van der Waals surface area contributed by atoms with Gasteiger partial charge >= 0.3 is 11.4 Å². The highest BCUT2D eigenvalue weighted by Crippen LogP contribution is 2.41. The van der Waals surface area contributed by atoms with E-state index >= 15 is 4.39 Å². The number of tetrazole rings is 2. The Morgan fingerprint density at radius 3 is 1.60 bits per heavy atom. The molecule has 6 aromatic rings. The van der Waals surface area contributed by atoms with E-state index in [4.69, 9.17) is 26.8 Å². The van der Waals surface area contributed by atoms with Gasteiger partial charge in [0.05, 0.1) is 37.0 Å². The normalized spacial score (nSPS) is 20.3. The van der Waals surface area contributed by atoms with E-state index in [-0.39, 0.29) is 101 Å². The van der Waals surface area contributed by atoms with E-state index in [9.17, 15) is 33.0 Å². The number of nitrogens with zero attached hydrogens (tertiary/aromatic N) is 14. The van der Waals surface area contributed by atoms with Gasteiger partial charge in [0.15, 0.2) is 29.1 Å². The van der Waals surface area contributed by atoms with Gasteiger partial charge in [-0.1, -0.05) is 7.43 Å². The number of nitrogens with two attached hydrogens (primary N) is 1. The summed E-state index contributed by atoms with van der Waals surface area (Å²) < 4.78 is 72.7. The quantitative estimate of drug-likeness (QED) is 0.0396. The molecule has 0 saturated carbocycles. The van der Waals surface area contributed by atoms with Crippen LogP contribution in [0.15, 0.2) is 46.2 Å². The van der Waals surface area contributed by atoms with Crippen LogP contribution in [0.4, 0.5) is 46.5 Å². The molecule has 0 bridgehead atoms. The molecule has 4 fully saturated rings. The molecule has 7 N–H and O–H groups in total. The van der Waals surface area contributed by atoms with Crippen molar-refractivity contribution >= 4 is 40.6 Å². The zero-order valence-electron chi connectivity index (χ0n) is 47.0. The molecule has 4 saturated heterocycles. The molecule has 4 aliphatic heterocycles. The molecule has 4 aromatic heterocycles. The zero-order valence-corrected chi connectivity index (χ0v) is 47.8.